The number of rotatable bonds is 18. The second-order valence-corrected chi connectivity index (χ2v) is 18.6. The van der Waals surface area contributed by atoms with E-state index in [9.17, 15) is 4.79 Å². The molecule has 4 aliphatic rings. The molecule has 1 aromatic rings. The maximum atomic E-state index is 12.9. The lowest BCUT2D eigenvalue weighted by atomic mass is 9.47. The van der Waals surface area contributed by atoms with Gasteiger partial charge in [0, 0.05) is 25.7 Å². The van der Waals surface area contributed by atoms with Crippen molar-refractivity contribution >= 4 is 5.97 Å². The van der Waals surface area contributed by atoms with Gasteiger partial charge in [-0.3, -0.25) is 4.79 Å². The van der Waals surface area contributed by atoms with E-state index in [1.807, 2.05) is 0 Å². The summed E-state index contributed by atoms with van der Waals surface area (Å²) in [5, 5.41) is 0. The molecular weight excluding hydrogens is 601 g/mol. The minimum atomic E-state index is 0.0439. The molecule has 8 atom stereocenters. The van der Waals surface area contributed by atoms with Gasteiger partial charge in [-0.2, -0.15) is 0 Å². The molecule has 0 amide bonds. The highest BCUT2D eigenvalue weighted by molar-refractivity contribution is 5.69. The molecule has 1 aromatic heterocycles. The molecule has 49 heavy (non-hydrogen) atoms. The van der Waals surface area contributed by atoms with Gasteiger partial charge in [0.2, 0.25) is 0 Å². The van der Waals surface area contributed by atoms with Crippen LogP contribution < -0.4 is 0 Å². The number of allylic oxidation sites excluding steroid dienone is 1. The van der Waals surface area contributed by atoms with E-state index in [0.29, 0.717) is 17.3 Å². The van der Waals surface area contributed by atoms with Crippen LogP contribution in [-0.4, -0.2) is 12.1 Å². The van der Waals surface area contributed by atoms with Gasteiger partial charge < -0.3 is 9.15 Å². The summed E-state index contributed by atoms with van der Waals surface area (Å²) in [5.41, 5.74) is 5.24. The van der Waals surface area contributed by atoms with Crippen molar-refractivity contribution in [2.45, 2.75) is 203 Å². The smallest absolute Gasteiger partial charge is 0.306 e. The van der Waals surface area contributed by atoms with Gasteiger partial charge in [0.1, 0.15) is 17.6 Å². The van der Waals surface area contributed by atoms with E-state index < -0.39 is 0 Å². The molecular formula is C46H76O3. The van der Waals surface area contributed by atoms with E-state index in [4.69, 9.17) is 9.15 Å². The molecule has 3 fully saturated rings. The summed E-state index contributed by atoms with van der Waals surface area (Å²) in [4.78, 5) is 12.9. The van der Waals surface area contributed by atoms with E-state index >= 15 is 0 Å². The molecule has 4 aliphatic carbocycles. The number of esters is 1. The second kappa shape index (κ2) is 17.3. The van der Waals surface area contributed by atoms with Gasteiger partial charge in [-0.15, -0.1) is 0 Å². The number of hydrogen-bond acceptors (Lipinski definition) is 3. The first-order valence-corrected chi connectivity index (χ1v) is 21.4. The van der Waals surface area contributed by atoms with Crippen molar-refractivity contribution in [3.63, 3.8) is 0 Å². The van der Waals surface area contributed by atoms with Crippen molar-refractivity contribution in [3.8, 4) is 0 Å². The van der Waals surface area contributed by atoms with Crippen LogP contribution in [0.15, 0.2) is 16.1 Å². The number of fused-ring (bicyclic) bond motifs is 5. The molecule has 0 bridgehead atoms. The van der Waals surface area contributed by atoms with E-state index in [0.717, 1.165) is 80.5 Å². The minimum absolute atomic E-state index is 0.0439. The maximum Gasteiger partial charge on any atom is 0.306 e. The predicted molar refractivity (Wildman–Crippen MR) is 206 cm³/mol. The lowest BCUT2D eigenvalue weighted by Gasteiger charge is -2.58. The van der Waals surface area contributed by atoms with Crippen LogP contribution in [0.5, 0.6) is 0 Å². The van der Waals surface area contributed by atoms with Gasteiger partial charge in [0.05, 0.1) is 0 Å². The Bertz CT molecular complexity index is 1240. The van der Waals surface area contributed by atoms with Crippen molar-refractivity contribution < 1.29 is 13.9 Å². The van der Waals surface area contributed by atoms with Gasteiger partial charge in [0.25, 0.3) is 0 Å². The van der Waals surface area contributed by atoms with E-state index in [1.54, 1.807) is 5.57 Å². The first-order valence-electron chi connectivity index (χ1n) is 21.4. The molecule has 1 heterocycles. The standard InChI is InChI=1S/C46H76O3/c1-9-18-42-34(5)35(6)43(49-42)21-15-13-11-10-12-14-16-22-44(47)48-37-27-29-45(7)36(31-37)23-24-38-40-26-25-39(33(4)20-17-19-32(2)3)46(40,8)30-28-41(38)45/h23,32-33,37-41H,9-22,24-31H2,1-8H3. The second-order valence-electron chi connectivity index (χ2n) is 18.6. The van der Waals surface area contributed by atoms with Crippen LogP contribution >= 0.6 is 0 Å². The molecule has 278 valence electrons. The third kappa shape index (κ3) is 8.93. The van der Waals surface area contributed by atoms with Crippen LogP contribution in [0, 0.1) is 60.2 Å². The maximum absolute atomic E-state index is 12.9. The number of carbonyl (C=O) groups is 1. The molecule has 0 radical (unpaired) electrons. The average Bonchev–Trinajstić information content (AvgIpc) is 3.55. The molecule has 0 saturated heterocycles. The molecule has 3 heteroatoms. The SMILES string of the molecule is CCCc1oc(CCCCCCCCCC(=O)OC2CCC3(C)C(=CCC4C3CCC3(C)C(C(C)CCCC(C)C)CCC43)C2)c(C)c1C. The Labute approximate surface area is 302 Å². The van der Waals surface area contributed by atoms with E-state index in [2.05, 4.69) is 61.5 Å². The largest absolute Gasteiger partial charge is 0.466 e. The fourth-order valence-corrected chi connectivity index (χ4v) is 11.9. The van der Waals surface area contributed by atoms with Gasteiger partial charge in [-0.05, 0) is 136 Å². The number of unbranched alkanes of at least 4 members (excludes halogenated alkanes) is 6. The number of carbonyl (C=O) groups excluding carboxylic acids is 1. The first kappa shape index (κ1) is 38.7. The zero-order valence-corrected chi connectivity index (χ0v) is 33.4. The van der Waals surface area contributed by atoms with Crippen LogP contribution in [0.4, 0.5) is 0 Å². The molecule has 0 spiro atoms. The highest BCUT2D eigenvalue weighted by Gasteiger charge is 2.59. The van der Waals surface area contributed by atoms with Crippen LogP contribution in [0.3, 0.4) is 0 Å². The third-order valence-electron chi connectivity index (χ3n) is 15.0. The molecule has 3 nitrogen and oxygen atoms in total. The summed E-state index contributed by atoms with van der Waals surface area (Å²) in [5.74, 6) is 7.67. The Hall–Kier alpha value is -1.51. The van der Waals surface area contributed by atoms with E-state index in [-0.39, 0.29) is 12.1 Å². The summed E-state index contributed by atoms with van der Waals surface area (Å²) in [6.07, 6.45) is 29.5. The number of aryl methyl sites for hydroxylation is 2. The Morgan fingerprint density at radius 1 is 0.837 bits per heavy atom. The van der Waals surface area contributed by atoms with Crippen LogP contribution in [-0.2, 0) is 22.4 Å². The third-order valence-corrected chi connectivity index (χ3v) is 15.0. The Morgan fingerprint density at radius 3 is 2.24 bits per heavy atom. The van der Waals surface area contributed by atoms with E-state index in [1.165, 1.54) is 113 Å². The average molecular weight is 677 g/mol. The fourth-order valence-electron chi connectivity index (χ4n) is 11.9. The summed E-state index contributed by atoms with van der Waals surface area (Å²) in [7, 11) is 0. The predicted octanol–water partition coefficient (Wildman–Crippen LogP) is 13.5. The van der Waals surface area contributed by atoms with Crippen LogP contribution in [0.2, 0.25) is 0 Å². The molecule has 0 N–H and O–H groups in total. The lowest BCUT2D eigenvalue weighted by molar-refractivity contribution is -0.151. The summed E-state index contributed by atoms with van der Waals surface area (Å²) >= 11 is 0. The van der Waals surface area contributed by atoms with Crippen molar-refractivity contribution in [1.82, 2.24) is 0 Å². The van der Waals surface area contributed by atoms with Crippen molar-refractivity contribution in [1.29, 1.82) is 0 Å². The van der Waals surface area contributed by atoms with Crippen molar-refractivity contribution in [2.24, 2.45) is 46.3 Å². The zero-order chi connectivity index (χ0) is 35.2. The summed E-state index contributed by atoms with van der Waals surface area (Å²) in [6.45, 7) is 19.3. The Balaban J connectivity index is 0.989. The first-order chi connectivity index (χ1) is 23.5. The Kier molecular flexibility index (Phi) is 13.7. The topological polar surface area (TPSA) is 39.4 Å². The molecule has 8 unspecified atom stereocenters. The normalized spacial score (nSPS) is 31.6. The van der Waals surface area contributed by atoms with Gasteiger partial charge >= 0.3 is 5.97 Å². The van der Waals surface area contributed by atoms with Crippen LogP contribution in [0.1, 0.15) is 193 Å². The van der Waals surface area contributed by atoms with Crippen molar-refractivity contribution in [2.75, 3.05) is 0 Å². The lowest BCUT2D eigenvalue weighted by Crippen LogP contribution is -2.51. The Morgan fingerprint density at radius 2 is 1.53 bits per heavy atom. The fraction of sp³-hybridized carbons (Fsp3) is 0.848. The van der Waals surface area contributed by atoms with Gasteiger partial charge in [-0.25, -0.2) is 0 Å². The summed E-state index contributed by atoms with van der Waals surface area (Å²) < 4.78 is 12.3. The monoisotopic (exact) mass is 677 g/mol. The highest BCUT2D eigenvalue weighted by Crippen LogP contribution is 2.67. The zero-order valence-electron chi connectivity index (χ0n) is 33.4. The highest BCUT2D eigenvalue weighted by atomic mass is 16.5. The van der Waals surface area contributed by atoms with Gasteiger partial charge in [0.15, 0.2) is 0 Å². The quantitative estimate of drug-likeness (QED) is 0.0882. The number of furan rings is 1. The molecule has 0 aromatic carbocycles. The molecule has 5 rings (SSSR count). The van der Waals surface area contributed by atoms with Gasteiger partial charge in [-0.1, -0.05) is 105 Å². The van der Waals surface area contributed by atoms with Crippen LogP contribution in [0.25, 0.3) is 0 Å². The summed E-state index contributed by atoms with van der Waals surface area (Å²) in [6, 6.07) is 0. The number of ether oxygens (including phenoxy) is 1. The number of hydrogen-bond donors (Lipinski definition) is 0. The molecule has 3 saturated carbocycles. The minimum Gasteiger partial charge on any atom is -0.466 e. The van der Waals surface area contributed by atoms with Crippen molar-refractivity contribution in [3.05, 3.63) is 34.3 Å². The molecule has 0 aliphatic heterocycles.